The molecule has 5 nitrogen and oxygen atoms in total. The molecule has 0 saturated heterocycles. The van der Waals surface area contributed by atoms with Crippen molar-refractivity contribution in [3.05, 3.63) is 75.7 Å². The van der Waals surface area contributed by atoms with Gasteiger partial charge < -0.3 is 5.32 Å². The van der Waals surface area contributed by atoms with Crippen molar-refractivity contribution in [2.24, 2.45) is 0 Å². The zero-order valence-electron chi connectivity index (χ0n) is 13.8. The van der Waals surface area contributed by atoms with Crippen LogP contribution in [0.15, 0.2) is 48.5 Å². The standard InChI is InChI=1S/C18H15Cl2FN4O/c1-11-7-17(23-18(26)22-15-4-2-3-13(19)8-15)24-25(11)10-12-5-6-14(21)9-16(12)20/h2-9H,10H2,1H3,(H2,22,23,24,26). The van der Waals surface area contributed by atoms with Crippen LogP contribution >= 0.6 is 23.2 Å². The molecule has 1 heterocycles. The summed E-state index contributed by atoms with van der Waals surface area (Å²) in [6.07, 6.45) is 0. The van der Waals surface area contributed by atoms with Gasteiger partial charge in [-0.05, 0) is 42.8 Å². The number of hydrogen-bond donors (Lipinski definition) is 2. The molecule has 3 rings (SSSR count). The minimum absolute atomic E-state index is 0.327. The molecule has 3 aromatic rings. The number of benzene rings is 2. The second-order valence-electron chi connectivity index (χ2n) is 5.65. The first kappa shape index (κ1) is 18.2. The molecule has 26 heavy (non-hydrogen) atoms. The zero-order valence-corrected chi connectivity index (χ0v) is 15.3. The SMILES string of the molecule is Cc1cc(NC(=O)Nc2cccc(Cl)c2)nn1Cc1ccc(F)cc1Cl. The molecule has 0 aliphatic heterocycles. The van der Waals surface area contributed by atoms with Crippen molar-refractivity contribution in [3.63, 3.8) is 0 Å². The fraction of sp³-hybridized carbons (Fsp3) is 0.111. The predicted molar refractivity (Wildman–Crippen MR) is 102 cm³/mol. The van der Waals surface area contributed by atoms with Crippen molar-refractivity contribution >= 4 is 40.7 Å². The van der Waals surface area contributed by atoms with Gasteiger partial charge in [-0.1, -0.05) is 35.3 Å². The molecule has 0 spiro atoms. The van der Waals surface area contributed by atoms with Crippen LogP contribution in [-0.2, 0) is 6.54 Å². The molecular formula is C18H15Cl2FN4O. The number of rotatable bonds is 4. The molecule has 0 bridgehead atoms. The third-order valence-corrected chi connectivity index (χ3v) is 4.23. The second kappa shape index (κ2) is 7.76. The van der Waals surface area contributed by atoms with Gasteiger partial charge in [0.05, 0.1) is 6.54 Å². The minimum Gasteiger partial charge on any atom is -0.308 e. The van der Waals surface area contributed by atoms with Crippen LogP contribution in [0.3, 0.4) is 0 Å². The highest BCUT2D eigenvalue weighted by Gasteiger charge is 2.10. The fourth-order valence-electron chi connectivity index (χ4n) is 2.39. The Morgan fingerprint density at radius 2 is 1.96 bits per heavy atom. The third kappa shape index (κ3) is 4.53. The number of aromatic nitrogens is 2. The lowest BCUT2D eigenvalue weighted by Crippen LogP contribution is -2.19. The summed E-state index contributed by atoms with van der Waals surface area (Å²) >= 11 is 11.9. The number of anilines is 2. The van der Waals surface area contributed by atoms with E-state index in [1.807, 2.05) is 6.92 Å². The maximum absolute atomic E-state index is 13.1. The first-order chi connectivity index (χ1) is 12.4. The molecule has 2 aromatic carbocycles. The summed E-state index contributed by atoms with van der Waals surface area (Å²) in [5.74, 6) is -0.00348. The molecule has 0 radical (unpaired) electrons. The number of amides is 2. The maximum atomic E-state index is 13.1. The lowest BCUT2D eigenvalue weighted by molar-refractivity contribution is 0.262. The minimum atomic E-state index is -0.434. The van der Waals surface area contributed by atoms with Crippen molar-refractivity contribution < 1.29 is 9.18 Å². The quantitative estimate of drug-likeness (QED) is 0.630. The van der Waals surface area contributed by atoms with Crippen LogP contribution in [0.4, 0.5) is 20.7 Å². The van der Waals surface area contributed by atoms with E-state index in [1.54, 1.807) is 41.1 Å². The summed E-state index contributed by atoms with van der Waals surface area (Å²) in [6, 6.07) is 12.3. The normalized spacial score (nSPS) is 10.6. The van der Waals surface area contributed by atoms with Gasteiger partial charge in [-0.25, -0.2) is 9.18 Å². The third-order valence-electron chi connectivity index (χ3n) is 3.64. The van der Waals surface area contributed by atoms with Crippen LogP contribution in [0.1, 0.15) is 11.3 Å². The van der Waals surface area contributed by atoms with Crippen molar-refractivity contribution in [1.29, 1.82) is 0 Å². The van der Waals surface area contributed by atoms with Crippen molar-refractivity contribution in [2.45, 2.75) is 13.5 Å². The van der Waals surface area contributed by atoms with Gasteiger partial charge in [0.25, 0.3) is 0 Å². The number of urea groups is 1. The van der Waals surface area contributed by atoms with Gasteiger partial charge in [-0.2, -0.15) is 5.10 Å². The molecular weight excluding hydrogens is 378 g/mol. The number of nitrogens with zero attached hydrogens (tertiary/aromatic N) is 2. The number of hydrogen-bond acceptors (Lipinski definition) is 2. The molecule has 0 aliphatic rings. The highest BCUT2D eigenvalue weighted by atomic mass is 35.5. The maximum Gasteiger partial charge on any atom is 0.324 e. The summed E-state index contributed by atoms with van der Waals surface area (Å²) in [7, 11) is 0. The number of carbonyl (C=O) groups excluding carboxylic acids is 1. The van der Waals surface area contributed by atoms with Crippen LogP contribution in [0.2, 0.25) is 10.0 Å². The monoisotopic (exact) mass is 392 g/mol. The van der Waals surface area contributed by atoms with E-state index in [2.05, 4.69) is 15.7 Å². The van der Waals surface area contributed by atoms with Gasteiger partial charge in [-0.15, -0.1) is 0 Å². The van der Waals surface area contributed by atoms with Crippen LogP contribution in [0, 0.1) is 12.7 Å². The smallest absolute Gasteiger partial charge is 0.308 e. The van der Waals surface area contributed by atoms with Gasteiger partial charge in [-0.3, -0.25) is 10.00 Å². The van der Waals surface area contributed by atoms with Crippen LogP contribution in [-0.4, -0.2) is 15.8 Å². The van der Waals surface area contributed by atoms with Crippen molar-refractivity contribution in [3.8, 4) is 0 Å². The first-order valence-electron chi connectivity index (χ1n) is 7.72. The largest absolute Gasteiger partial charge is 0.324 e. The summed E-state index contributed by atoms with van der Waals surface area (Å²) < 4.78 is 14.8. The Labute approximate surface area is 159 Å². The van der Waals surface area contributed by atoms with E-state index in [4.69, 9.17) is 23.2 Å². The summed E-state index contributed by atoms with van der Waals surface area (Å²) in [5.41, 5.74) is 2.13. The molecule has 0 aliphatic carbocycles. The zero-order chi connectivity index (χ0) is 18.7. The molecule has 2 N–H and O–H groups in total. The predicted octanol–water partition coefficient (Wildman–Crippen LogP) is 5.33. The van der Waals surface area contributed by atoms with E-state index in [-0.39, 0.29) is 0 Å². The topological polar surface area (TPSA) is 59.0 Å². The molecule has 1 aromatic heterocycles. The van der Waals surface area contributed by atoms with Crippen molar-refractivity contribution in [2.75, 3.05) is 10.6 Å². The van der Waals surface area contributed by atoms with Gasteiger partial charge in [0.1, 0.15) is 5.82 Å². The Morgan fingerprint density at radius 3 is 2.69 bits per heavy atom. The fourth-order valence-corrected chi connectivity index (χ4v) is 2.80. The van der Waals surface area contributed by atoms with Gasteiger partial charge >= 0.3 is 6.03 Å². The van der Waals surface area contributed by atoms with E-state index >= 15 is 0 Å². The van der Waals surface area contributed by atoms with Gasteiger partial charge in [0.15, 0.2) is 5.82 Å². The first-order valence-corrected chi connectivity index (χ1v) is 8.48. The lowest BCUT2D eigenvalue weighted by atomic mass is 10.2. The number of nitrogens with one attached hydrogen (secondary N) is 2. The Kier molecular flexibility index (Phi) is 5.44. The highest BCUT2D eigenvalue weighted by molar-refractivity contribution is 6.31. The molecule has 0 atom stereocenters. The molecule has 2 amide bonds. The van der Waals surface area contributed by atoms with Gasteiger partial charge in [0.2, 0.25) is 0 Å². The number of aryl methyl sites for hydroxylation is 1. The Bertz CT molecular complexity index is 958. The Hall–Kier alpha value is -2.57. The molecule has 8 heteroatoms. The molecule has 0 unspecified atom stereocenters. The van der Waals surface area contributed by atoms with E-state index in [9.17, 15) is 9.18 Å². The van der Waals surface area contributed by atoms with Gasteiger partial charge in [0, 0.05) is 27.5 Å². The van der Waals surface area contributed by atoms with Crippen LogP contribution < -0.4 is 10.6 Å². The average Bonchev–Trinajstić information content (AvgIpc) is 2.89. The van der Waals surface area contributed by atoms with Crippen LogP contribution in [0.5, 0.6) is 0 Å². The van der Waals surface area contributed by atoms with E-state index in [0.29, 0.717) is 28.1 Å². The summed E-state index contributed by atoms with van der Waals surface area (Å²) in [5, 5.41) is 10.5. The highest BCUT2D eigenvalue weighted by Crippen LogP contribution is 2.20. The van der Waals surface area contributed by atoms with E-state index in [1.165, 1.54) is 12.1 Å². The van der Waals surface area contributed by atoms with E-state index in [0.717, 1.165) is 11.3 Å². The number of carbonyl (C=O) groups is 1. The lowest BCUT2D eigenvalue weighted by Gasteiger charge is -2.07. The average molecular weight is 393 g/mol. The Morgan fingerprint density at radius 1 is 1.15 bits per heavy atom. The summed E-state index contributed by atoms with van der Waals surface area (Å²) in [4.78, 5) is 12.1. The molecule has 0 fully saturated rings. The summed E-state index contributed by atoms with van der Waals surface area (Å²) in [6.45, 7) is 2.22. The van der Waals surface area contributed by atoms with E-state index < -0.39 is 11.8 Å². The van der Waals surface area contributed by atoms with Crippen molar-refractivity contribution in [1.82, 2.24) is 9.78 Å². The molecule has 0 saturated carbocycles. The second-order valence-corrected chi connectivity index (χ2v) is 6.50. The molecule has 134 valence electrons. The Balaban J connectivity index is 1.68. The number of halogens is 3. The van der Waals surface area contributed by atoms with Crippen LogP contribution in [0.25, 0.3) is 0 Å².